The summed E-state index contributed by atoms with van der Waals surface area (Å²) < 4.78 is 46.0. The normalized spacial score (nSPS) is 12.5. The second-order valence-electron chi connectivity index (χ2n) is 7.17. The molecule has 33 heavy (non-hydrogen) atoms. The average molecular weight is 472 g/mol. The van der Waals surface area contributed by atoms with Crippen molar-refractivity contribution in [1.82, 2.24) is 14.6 Å². The number of hydrogen-bond acceptors (Lipinski definition) is 5. The number of carbonyl (C=O) groups excluding carboxylic acids is 1. The smallest absolute Gasteiger partial charge is 0.417 e. The number of carbonyl (C=O) groups is 1. The molecule has 6 nitrogen and oxygen atoms in total. The molecule has 0 fully saturated rings. The van der Waals surface area contributed by atoms with Gasteiger partial charge in [0.25, 0.3) is 0 Å². The minimum Gasteiger partial charge on any atom is -0.489 e. The zero-order valence-electron chi connectivity index (χ0n) is 17.4. The Balaban J connectivity index is 1.37. The van der Waals surface area contributed by atoms with Crippen molar-refractivity contribution in [2.75, 3.05) is 5.32 Å². The molecule has 4 rings (SSSR count). The van der Waals surface area contributed by atoms with Crippen LogP contribution in [-0.2, 0) is 17.6 Å². The van der Waals surface area contributed by atoms with Crippen LogP contribution >= 0.6 is 11.8 Å². The van der Waals surface area contributed by atoms with E-state index in [1.807, 2.05) is 30.3 Å². The fourth-order valence-corrected chi connectivity index (χ4v) is 3.78. The lowest BCUT2D eigenvalue weighted by Gasteiger charge is -2.12. The van der Waals surface area contributed by atoms with Gasteiger partial charge < -0.3 is 10.1 Å². The van der Waals surface area contributed by atoms with E-state index in [-0.39, 0.29) is 16.7 Å². The summed E-state index contributed by atoms with van der Waals surface area (Å²) in [6, 6.07) is 18.9. The monoisotopic (exact) mass is 472 g/mol. The van der Waals surface area contributed by atoms with E-state index in [0.717, 1.165) is 29.6 Å². The van der Waals surface area contributed by atoms with Crippen LogP contribution in [0.4, 0.5) is 18.9 Å². The Labute approximate surface area is 191 Å². The molecule has 170 valence electrons. The zero-order valence-corrected chi connectivity index (χ0v) is 18.2. The number of pyridine rings is 1. The molecule has 1 atom stereocenters. The van der Waals surface area contributed by atoms with E-state index in [9.17, 15) is 18.0 Å². The SMILES string of the molecule is CC(Sc1nnc2ccc(C(F)(F)F)cn12)C(=O)Nc1ccc(OCc2ccccc2)cc1. The Morgan fingerprint density at radius 2 is 1.79 bits per heavy atom. The molecular formula is C23H19F3N4O2S. The van der Waals surface area contributed by atoms with E-state index in [0.29, 0.717) is 18.0 Å². The third kappa shape index (κ3) is 5.64. The Morgan fingerprint density at radius 3 is 2.48 bits per heavy atom. The molecule has 10 heteroatoms. The highest BCUT2D eigenvalue weighted by Crippen LogP contribution is 2.31. The Kier molecular flexibility index (Phi) is 6.55. The first kappa shape index (κ1) is 22.7. The molecule has 1 N–H and O–H groups in total. The molecule has 0 aliphatic carbocycles. The molecule has 0 aliphatic rings. The number of amides is 1. The highest BCUT2D eigenvalue weighted by molar-refractivity contribution is 8.00. The minimum absolute atomic E-state index is 0.198. The van der Waals surface area contributed by atoms with Gasteiger partial charge in [-0.3, -0.25) is 9.20 Å². The molecule has 4 aromatic rings. The van der Waals surface area contributed by atoms with Crippen LogP contribution in [0.15, 0.2) is 78.1 Å². The van der Waals surface area contributed by atoms with E-state index in [4.69, 9.17) is 4.74 Å². The Hall–Kier alpha value is -3.53. The van der Waals surface area contributed by atoms with Crippen molar-refractivity contribution in [3.63, 3.8) is 0 Å². The molecule has 2 aromatic heterocycles. The summed E-state index contributed by atoms with van der Waals surface area (Å²) in [5.74, 6) is 0.344. The predicted octanol–water partition coefficient (Wildman–Crippen LogP) is 5.45. The number of aromatic nitrogens is 3. The van der Waals surface area contributed by atoms with Gasteiger partial charge in [-0.25, -0.2) is 0 Å². The van der Waals surface area contributed by atoms with Crippen molar-refractivity contribution < 1.29 is 22.7 Å². The maximum Gasteiger partial charge on any atom is 0.417 e. The summed E-state index contributed by atoms with van der Waals surface area (Å²) >= 11 is 1.02. The van der Waals surface area contributed by atoms with Crippen LogP contribution < -0.4 is 10.1 Å². The maximum absolute atomic E-state index is 13.0. The molecule has 1 unspecified atom stereocenters. The van der Waals surface area contributed by atoms with Gasteiger partial charge in [-0.1, -0.05) is 42.1 Å². The topological polar surface area (TPSA) is 68.5 Å². The fraction of sp³-hybridized carbons (Fsp3) is 0.174. The second kappa shape index (κ2) is 9.53. The number of nitrogens with zero attached hydrogens (tertiary/aromatic N) is 3. The van der Waals surface area contributed by atoms with Gasteiger partial charge in [0.05, 0.1) is 10.8 Å². The van der Waals surface area contributed by atoms with Gasteiger partial charge in [0.2, 0.25) is 5.91 Å². The van der Waals surface area contributed by atoms with Crippen molar-refractivity contribution >= 4 is 29.0 Å². The van der Waals surface area contributed by atoms with Crippen LogP contribution in [0.2, 0.25) is 0 Å². The number of anilines is 1. The molecule has 0 bridgehead atoms. The standard InChI is InChI=1S/C23H19F3N4O2S/c1-15(33-22-29-28-20-12-7-17(13-30(20)22)23(24,25)26)21(31)27-18-8-10-19(11-9-18)32-14-16-5-3-2-4-6-16/h2-13,15H,14H2,1H3,(H,27,31). The number of rotatable bonds is 7. The van der Waals surface area contributed by atoms with Gasteiger partial charge in [0, 0.05) is 11.9 Å². The molecular weight excluding hydrogens is 453 g/mol. The number of fused-ring (bicyclic) bond motifs is 1. The molecule has 1 amide bonds. The highest BCUT2D eigenvalue weighted by atomic mass is 32.2. The van der Waals surface area contributed by atoms with Crippen molar-refractivity contribution in [2.45, 2.75) is 30.1 Å². The summed E-state index contributed by atoms with van der Waals surface area (Å²) in [5.41, 5.74) is 1.07. The number of halogens is 3. The Bertz CT molecular complexity index is 1240. The lowest BCUT2D eigenvalue weighted by molar-refractivity contribution is -0.137. The lowest BCUT2D eigenvalue weighted by atomic mass is 10.2. The van der Waals surface area contributed by atoms with E-state index in [1.165, 1.54) is 10.5 Å². The van der Waals surface area contributed by atoms with E-state index in [2.05, 4.69) is 15.5 Å². The van der Waals surface area contributed by atoms with Gasteiger partial charge in [-0.05, 0) is 48.9 Å². The van der Waals surface area contributed by atoms with E-state index < -0.39 is 17.0 Å². The van der Waals surface area contributed by atoms with Crippen molar-refractivity contribution in [2.24, 2.45) is 0 Å². The number of benzene rings is 2. The molecule has 0 aliphatic heterocycles. The van der Waals surface area contributed by atoms with Gasteiger partial charge in [-0.15, -0.1) is 10.2 Å². The molecule has 0 saturated heterocycles. The Morgan fingerprint density at radius 1 is 1.06 bits per heavy atom. The summed E-state index contributed by atoms with van der Waals surface area (Å²) in [5, 5.41) is 10.1. The van der Waals surface area contributed by atoms with Crippen LogP contribution in [0, 0.1) is 0 Å². The molecule has 0 saturated carbocycles. The highest BCUT2D eigenvalue weighted by Gasteiger charge is 2.31. The average Bonchev–Trinajstić information content (AvgIpc) is 3.20. The van der Waals surface area contributed by atoms with Crippen LogP contribution in [0.1, 0.15) is 18.1 Å². The van der Waals surface area contributed by atoms with Crippen molar-refractivity contribution in [1.29, 1.82) is 0 Å². The van der Waals surface area contributed by atoms with Crippen molar-refractivity contribution in [3.8, 4) is 5.75 Å². The number of ether oxygens (including phenoxy) is 1. The molecule has 0 spiro atoms. The molecule has 2 heterocycles. The number of thioether (sulfide) groups is 1. The molecule has 2 aromatic carbocycles. The third-order valence-electron chi connectivity index (χ3n) is 4.72. The lowest BCUT2D eigenvalue weighted by Crippen LogP contribution is -2.22. The largest absolute Gasteiger partial charge is 0.489 e. The minimum atomic E-state index is -4.49. The first-order valence-electron chi connectivity index (χ1n) is 9.96. The van der Waals surface area contributed by atoms with Crippen molar-refractivity contribution in [3.05, 3.63) is 84.1 Å². The number of hydrogen-bond donors (Lipinski definition) is 1. The second-order valence-corrected chi connectivity index (χ2v) is 8.48. The summed E-state index contributed by atoms with van der Waals surface area (Å²) in [4.78, 5) is 12.6. The number of alkyl halides is 3. The first-order chi connectivity index (χ1) is 15.8. The third-order valence-corrected chi connectivity index (χ3v) is 5.78. The van der Waals surface area contributed by atoms with Crippen LogP contribution in [0.5, 0.6) is 5.75 Å². The van der Waals surface area contributed by atoms with Crippen LogP contribution in [0.3, 0.4) is 0 Å². The number of nitrogens with one attached hydrogen (secondary N) is 1. The summed E-state index contributed by atoms with van der Waals surface area (Å²) in [6.45, 7) is 2.08. The zero-order chi connectivity index (χ0) is 23.4. The van der Waals surface area contributed by atoms with Gasteiger partial charge >= 0.3 is 6.18 Å². The fourth-order valence-electron chi connectivity index (χ4n) is 2.95. The summed E-state index contributed by atoms with van der Waals surface area (Å²) in [7, 11) is 0. The van der Waals surface area contributed by atoms with Crippen LogP contribution in [0.25, 0.3) is 5.65 Å². The maximum atomic E-state index is 13.0. The molecule has 0 radical (unpaired) electrons. The summed E-state index contributed by atoms with van der Waals surface area (Å²) in [6.07, 6.45) is -3.56. The first-order valence-corrected chi connectivity index (χ1v) is 10.8. The van der Waals surface area contributed by atoms with Gasteiger partial charge in [-0.2, -0.15) is 13.2 Å². The van der Waals surface area contributed by atoms with Gasteiger partial charge in [0.1, 0.15) is 12.4 Å². The van der Waals surface area contributed by atoms with E-state index in [1.54, 1.807) is 31.2 Å². The quantitative estimate of drug-likeness (QED) is 0.363. The predicted molar refractivity (Wildman–Crippen MR) is 119 cm³/mol. The van der Waals surface area contributed by atoms with Crippen LogP contribution in [-0.4, -0.2) is 25.8 Å². The van der Waals surface area contributed by atoms with Gasteiger partial charge in [0.15, 0.2) is 10.8 Å². The van der Waals surface area contributed by atoms with E-state index >= 15 is 0 Å².